The third-order valence-electron chi connectivity index (χ3n) is 1.75. The highest BCUT2D eigenvalue weighted by molar-refractivity contribution is 5.24. The Bertz CT molecular complexity index is 312. The molecule has 0 aromatic heterocycles. The van der Waals surface area contributed by atoms with Crippen molar-refractivity contribution in [3.8, 4) is 6.07 Å². The van der Waals surface area contributed by atoms with Gasteiger partial charge in [0.15, 0.2) is 0 Å². The monoisotopic (exact) mass is 163 g/mol. The van der Waals surface area contributed by atoms with Gasteiger partial charge in [0.1, 0.15) is 5.82 Å². The number of aryl methyl sites for hydroxylation is 2. The molecule has 0 radical (unpaired) electrons. The molecule has 62 valence electrons. The lowest BCUT2D eigenvalue weighted by Crippen LogP contribution is -1.87. The molecule has 2 heteroatoms. The molecule has 0 saturated carbocycles. The first-order valence-electron chi connectivity index (χ1n) is 3.86. The van der Waals surface area contributed by atoms with E-state index in [1.54, 1.807) is 19.1 Å². The van der Waals surface area contributed by atoms with Crippen LogP contribution < -0.4 is 0 Å². The number of nitriles is 1. The molecule has 0 aliphatic heterocycles. The standard InChI is InChI=1S/C10H10FN/c1-8-7-9(3-2-6-12)4-5-10(8)11/h4-5,7H,2-3H2,1H3. The van der Waals surface area contributed by atoms with Crippen molar-refractivity contribution >= 4 is 0 Å². The fourth-order valence-corrected chi connectivity index (χ4v) is 1.06. The van der Waals surface area contributed by atoms with E-state index in [1.165, 1.54) is 6.07 Å². The van der Waals surface area contributed by atoms with Crippen molar-refractivity contribution in [3.05, 3.63) is 35.1 Å². The quantitative estimate of drug-likeness (QED) is 0.657. The largest absolute Gasteiger partial charge is 0.207 e. The molecule has 1 rings (SSSR count). The predicted octanol–water partition coefficient (Wildman–Crippen LogP) is 2.59. The fourth-order valence-electron chi connectivity index (χ4n) is 1.06. The molecule has 0 spiro atoms. The minimum absolute atomic E-state index is 0.185. The van der Waals surface area contributed by atoms with Crippen LogP contribution in [0, 0.1) is 24.1 Å². The lowest BCUT2D eigenvalue weighted by atomic mass is 10.1. The van der Waals surface area contributed by atoms with E-state index in [0.717, 1.165) is 5.56 Å². The molecule has 0 fully saturated rings. The molecule has 0 aliphatic rings. The molecule has 1 aromatic rings. The molecule has 0 heterocycles. The lowest BCUT2D eigenvalue weighted by molar-refractivity contribution is 0.617. The molecule has 0 amide bonds. The van der Waals surface area contributed by atoms with Crippen LogP contribution in [0.3, 0.4) is 0 Å². The number of hydrogen-bond donors (Lipinski definition) is 0. The molecular weight excluding hydrogens is 153 g/mol. The van der Waals surface area contributed by atoms with Crippen LogP contribution in [0.5, 0.6) is 0 Å². The summed E-state index contributed by atoms with van der Waals surface area (Å²) in [5.41, 5.74) is 1.67. The van der Waals surface area contributed by atoms with E-state index in [4.69, 9.17) is 5.26 Å². The van der Waals surface area contributed by atoms with Gasteiger partial charge in [-0.2, -0.15) is 5.26 Å². The Morgan fingerprint density at radius 1 is 1.50 bits per heavy atom. The zero-order chi connectivity index (χ0) is 8.97. The minimum Gasteiger partial charge on any atom is -0.207 e. The Morgan fingerprint density at radius 2 is 2.25 bits per heavy atom. The van der Waals surface area contributed by atoms with Gasteiger partial charge in [-0.05, 0) is 30.5 Å². The average Bonchev–Trinajstić information content (AvgIpc) is 2.07. The van der Waals surface area contributed by atoms with Crippen LogP contribution in [-0.2, 0) is 6.42 Å². The van der Waals surface area contributed by atoms with Gasteiger partial charge in [0.2, 0.25) is 0 Å². The van der Waals surface area contributed by atoms with Crippen LogP contribution in [0.2, 0.25) is 0 Å². The summed E-state index contributed by atoms with van der Waals surface area (Å²) in [7, 11) is 0. The molecular formula is C10H10FN. The highest BCUT2D eigenvalue weighted by Crippen LogP contribution is 2.10. The molecule has 0 aliphatic carbocycles. The predicted molar refractivity (Wildman–Crippen MR) is 45.1 cm³/mol. The second-order valence-corrected chi connectivity index (χ2v) is 2.74. The number of hydrogen-bond acceptors (Lipinski definition) is 1. The Morgan fingerprint density at radius 3 is 2.83 bits per heavy atom. The summed E-state index contributed by atoms with van der Waals surface area (Å²) in [6, 6.07) is 7.01. The van der Waals surface area contributed by atoms with E-state index in [-0.39, 0.29) is 5.82 Å². The molecule has 0 saturated heterocycles. The Balaban J connectivity index is 2.77. The molecule has 12 heavy (non-hydrogen) atoms. The normalized spacial score (nSPS) is 9.42. The van der Waals surface area contributed by atoms with Gasteiger partial charge < -0.3 is 0 Å². The van der Waals surface area contributed by atoms with E-state index >= 15 is 0 Å². The number of halogens is 1. The molecule has 0 unspecified atom stereocenters. The van der Waals surface area contributed by atoms with E-state index in [9.17, 15) is 4.39 Å². The maximum atomic E-state index is 12.8. The van der Waals surface area contributed by atoms with Crippen molar-refractivity contribution in [2.24, 2.45) is 0 Å². The van der Waals surface area contributed by atoms with Crippen molar-refractivity contribution in [1.29, 1.82) is 5.26 Å². The summed E-state index contributed by atoms with van der Waals surface area (Å²) in [5, 5.41) is 8.33. The maximum Gasteiger partial charge on any atom is 0.126 e. The Hall–Kier alpha value is -1.36. The van der Waals surface area contributed by atoms with Crippen molar-refractivity contribution in [3.63, 3.8) is 0 Å². The highest BCUT2D eigenvalue weighted by Gasteiger charge is 1.97. The van der Waals surface area contributed by atoms with E-state index in [0.29, 0.717) is 18.4 Å². The topological polar surface area (TPSA) is 23.8 Å². The SMILES string of the molecule is Cc1cc(CCC#N)ccc1F. The fraction of sp³-hybridized carbons (Fsp3) is 0.300. The molecule has 0 N–H and O–H groups in total. The third kappa shape index (κ3) is 2.06. The van der Waals surface area contributed by atoms with Gasteiger partial charge >= 0.3 is 0 Å². The summed E-state index contributed by atoms with van der Waals surface area (Å²) < 4.78 is 12.8. The van der Waals surface area contributed by atoms with Gasteiger partial charge in [-0.1, -0.05) is 12.1 Å². The smallest absolute Gasteiger partial charge is 0.126 e. The molecule has 1 aromatic carbocycles. The molecule has 1 nitrogen and oxygen atoms in total. The van der Waals surface area contributed by atoms with Crippen LogP contribution in [0.25, 0.3) is 0 Å². The second-order valence-electron chi connectivity index (χ2n) is 2.74. The van der Waals surface area contributed by atoms with Crippen molar-refractivity contribution in [2.75, 3.05) is 0 Å². The van der Waals surface area contributed by atoms with Crippen LogP contribution in [-0.4, -0.2) is 0 Å². The summed E-state index contributed by atoms with van der Waals surface area (Å²) in [5.74, 6) is -0.185. The van der Waals surface area contributed by atoms with Gasteiger partial charge in [-0.15, -0.1) is 0 Å². The lowest BCUT2D eigenvalue weighted by Gasteiger charge is -1.99. The van der Waals surface area contributed by atoms with Crippen LogP contribution in [0.1, 0.15) is 17.5 Å². The average molecular weight is 163 g/mol. The first-order valence-corrected chi connectivity index (χ1v) is 3.86. The van der Waals surface area contributed by atoms with Gasteiger partial charge in [0, 0.05) is 6.42 Å². The first kappa shape index (κ1) is 8.73. The van der Waals surface area contributed by atoms with E-state index < -0.39 is 0 Å². The third-order valence-corrected chi connectivity index (χ3v) is 1.75. The van der Waals surface area contributed by atoms with Gasteiger partial charge in [-0.3, -0.25) is 0 Å². The van der Waals surface area contributed by atoms with E-state index in [2.05, 4.69) is 6.07 Å². The van der Waals surface area contributed by atoms with Gasteiger partial charge in [0.25, 0.3) is 0 Å². The van der Waals surface area contributed by atoms with Crippen molar-refractivity contribution in [2.45, 2.75) is 19.8 Å². The first-order chi connectivity index (χ1) is 5.74. The molecule has 0 atom stereocenters. The summed E-state index contributed by atoms with van der Waals surface area (Å²) >= 11 is 0. The van der Waals surface area contributed by atoms with Gasteiger partial charge in [-0.25, -0.2) is 4.39 Å². The van der Waals surface area contributed by atoms with Crippen LogP contribution >= 0.6 is 0 Å². The Kier molecular flexibility index (Phi) is 2.82. The number of nitrogens with zero attached hydrogens (tertiary/aromatic N) is 1. The van der Waals surface area contributed by atoms with Crippen LogP contribution in [0.15, 0.2) is 18.2 Å². The minimum atomic E-state index is -0.185. The summed E-state index contributed by atoms with van der Waals surface area (Å²) in [6.07, 6.45) is 1.20. The maximum absolute atomic E-state index is 12.8. The Labute approximate surface area is 71.4 Å². The highest BCUT2D eigenvalue weighted by atomic mass is 19.1. The number of benzene rings is 1. The number of rotatable bonds is 2. The zero-order valence-electron chi connectivity index (χ0n) is 6.97. The zero-order valence-corrected chi connectivity index (χ0v) is 6.97. The van der Waals surface area contributed by atoms with Gasteiger partial charge in [0.05, 0.1) is 6.07 Å². The summed E-state index contributed by atoms with van der Waals surface area (Å²) in [4.78, 5) is 0. The summed E-state index contributed by atoms with van der Waals surface area (Å²) in [6.45, 7) is 1.73. The van der Waals surface area contributed by atoms with E-state index in [1.807, 2.05) is 0 Å². The van der Waals surface area contributed by atoms with Crippen LogP contribution in [0.4, 0.5) is 4.39 Å². The molecule has 0 bridgehead atoms. The van der Waals surface area contributed by atoms with Crippen molar-refractivity contribution < 1.29 is 4.39 Å². The second kappa shape index (κ2) is 3.87. The van der Waals surface area contributed by atoms with Crippen molar-refractivity contribution in [1.82, 2.24) is 0 Å².